The lowest BCUT2D eigenvalue weighted by Crippen LogP contribution is -2.51. The van der Waals surface area contributed by atoms with Crippen molar-refractivity contribution in [3.63, 3.8) is 0 Å². The lowest BCUT2D eigenvalue weighted by molar-refractivity contribution is -0.128. The highest BCUT2D eigenvalue weighted by Crippen LogP contribution is 2.37. The molecular weight excluding hydrogens is 461 g/mol. The fourth-order valence-electron chi connectivity index (χ4n) is 4.39. The SMILES string of the molecule is C=C(C(C)N1C(=C)N(C[C@H](Cl)c2cc(F)ccc2CC)C(C)=C(C(C)=C(C)C)C1=O)N(C)C(C)C. The Balaban J connectivity index is 2.60. The Morgan fingerprint density at radius 2 is 1.80 bits per heavy atom. The van der Waals surface area contributed by atoms with Gasteiger partial charge in [0.1, 0.15) is 11.6 Å². The summed E-state index contributed by atoms with van der Waals surface area (Å²) in [7, 11) is 1.98. The first-order valence-corrected chi connectivity index (χ1v) is 12.7. The van der Waals surface area contributed by atoms with E-state index in [4.69, 9.17) is 11.6 Å². The van der Waals surface area contributed by atoms with Crippen LogP contribution in [0.15, 0.2) is 65.3 Å². The first-order valence-electron chi connectivity index (χ1n) is 12.2. The van der Waals surface area contributed by atoms with E-state index in [9.17, 15) is 9.18 Å². The number of carbonyl (C=O) groups is 1. The van der Waals surface area contributed by atoms with Crippen molar-refractivity contribution in [2.75, 3.05) is 13.6 Å². The van der Waals surface area contributed by atoms with Crippen LogP contribution in [0.5, 0.6) is 0 Å². The van der Waals surface area contributed by atoms with E-state index in [1.54, 1.807) is 11.0 Å². The van der Waals surface area contributed by atoms with Crippen LogP contribution in [0.3, 0.4) is 0 Å². The highest BCUT2D eigenvalue weighted by atomic mass is 35.5. The van der Waals surface area contributed by atoms with Crippen LogP contribution in [0.4, 0.5) is 4.39 Å². The van der Waals surface area contributed by atoms with Gasteiger partial charge in [-0.15, -0.1) is 11.6 Å². The topological polar surface area (TPSA) is 26.8 Å². The van der Waals surface area contributed by atoms with Crippen molar-refractivity contribution in [1.82, 2.24) is 14.7 Å². The molecule has 0 fully saturated rings. The minimum Gasteiger partial charge on any atom is -0.374 e. The number of benzene rings is 1. The molecule has 6 heteroatoms. The number of alkyl halides is 1. The van der Waals surface area contributed by atoms with E-state index in [1.165, 1.54) is 12.1 Å². The Kier molecular flexibility index (Phi) is 9.41. The highest BCUT2D eigenvalue weighted by Gasteiger charge is 2.39. The molecule has 1 aliphatic rings. The van der Waals surface area contributed by atoms with Crippen LogP contribution < -0.4 is 0 Å². The molecule has 2 rings (SSSR count). The monoisotopic (exact) mass is 501 g/mol. The van der Waals surface area contributed by atoms with E-state index in [0.29, 0.717) is 17.9 Å². The zero-order valence-electron chi connectivity index (χ0n) is 22.8. The molecule has 0 bridgehead atoms. The molecular formula is C29H41ClFN3O. The van der Waals surface area contributed by atoms with E-state index in [0.717, 1.165) is 40.1 Å². The van der Waals surface area contributed by atoms with Crippen molar-refractivity contribution >= 4 is 17.5 Å². The first kappa shape index (κ1) is 28.7. The Bertz CT molecular complexity index is 1070. The molecule has 1 amide bonds. The quantitative estimate of drug-likeness (QED) is 0.336. The Hall–Kier alpha value is -2.53. The van der Waals surface area contributed by atoms with Crippen LogP contribution in [-0.2, 0) is 11.2 Å². The van der Waals surface area contributed by atoms with Gasteiger partial charge in [0.05, 0.1) is 17.0 Å². The second-order valence-electron chi connectivity index (χ2n) is 9.82. The van der Waals surface area contributed by atoms with Crippen LogP contribution in [0.2, 0.25) is 0 Å². The van der Waals surface area contributed by atoms with Gasteiger partial charge in [-0.2, -0.15) is 0 Å². The molecule has 2 atom stereocenters. The van der Waals surface area contributed by atoms with Gasteiger partial charge >= 0.3 is 0 Å². The summed E-state index contributed by atoms with van der Waals surface area (Å²) in [6, 6.07) is 4.68. The molecule has 192 valence electrons. The smallest absolute Gasteiger partial charge is 0.262 e. The van der Waals surface area contributed by atoms with Crippen molar-refractivity contribution in [3.8, 4) is 0 Å². The molecule has 4 nitrogen and oxygen atoms in total. The molecule has 0 saturated carbocycles. The molecule has 0 aromatic heterocycles. The number of allylic oxidation sites excluding steroid dienone is 2. The van der Waals surface area contributed by atoms with E-state index in [1.807, 2.05) is 53.5 Å². The van der Waals surface area contributed by atoms with Crippen LogP contribution >= 0.6 is 11.6 Å². The summed E-state index contributed by atoms with van der Waals surface area (Å²) in [6.07, 6.45) is 0.750. The van der Waals surface area contributed by atoms with Gasteiger partial charge in [0.25, 0.3) is 5.91 Å². The van der Waals surface area contributed by atoms with E-state index >= 15 is 0 Å². The highest BCUT2D eigenvalue weighted by molar-refractivity contribution is 6.21. The minimum absolute atomic E-state index is 0.0978. The summed E-state index contributed by atoms with van der Waals surface area (Å²) in [5.41, 5.74) is 6.01. The van der Waals surface area contributed by atoms with Gasteiger partial charge in [0.2, 0.25) is 0 Å². The van der Waals surface area contributed by atoms with Gasteiger partial charge in [0.15, 0.2) is 0 Å². The number of aryl methyl sites for hydroxylation is 1. The summed E-state index contributed by atoms with van der Waals surface area (Å²) >= 11 is 6.92. The summed E-state index contributed by atoms with van der Waals surface area (Å²) in [6.45, 7) is 25.0. The molecule has 0 radical (unpaired) electrons. The van der Waals surface area contributed by atoms with Crippen LogP contribution in [-0.4, -0.2) is 46.3 Å². The number of nitrogens with zero attached hydrogens (tertiary/aromatic N) is 3. The number of rotatable bonds is 9. The lowest BCUT2D eigenvalue weighted by atomic mass is 9.95. The second-order valence-corrected chi connectivity index (χ2v) is 10.4. The Labute approximate surface area is 216 Å². The first-order chi connectivity index (χ1) is 16.2. The summed E-state index contributed by atoms with van der Waals surface area (Å²) < 4.78 is 14.1. The third-order valence-corrected chi connectivity index (χ3v) is 7.55. The molecule has 1 aromatic rings. The molecule has 0 saturated heterocycles. The number of hydrogen-bond acceptors (Lipinski definition) is 3. The number of amides is 1. The molecule has 1 aromatic carbocycles. The van der Waals surface area contributed by atoms with Crippen LogP contribution in [0.1, 0.15) is 71.9 Å². The minimum atomic E-state index is -0.493. The Morgan fingerprint density at radius 1 is 1.20 bits per heavy atom. The fourth-order valence-corrected chi connectivity index (χ4v) is 4.73. The maximum absolute atomic E-state index is 14.1. The molecule has 0 spiro atoms. The number of carbonyl (C=O) groups excluding carboxylic acids is 1. The van der Waals surface area contributed by atoms with Crippen molar-refractivity contribution < 1.29 is 9.18 Å². The maximum atomic E-state index is 14.1. The van der Waals surface area contributed by atoms with E-state index in [-0.39, 0.29) is 23.8 Å². The zero-order chi connectivity index (χ0) is 26.8. The third-order valence-electron chi connectivity index (χ3n) is 7.18. The predicted molar refractivity (Wildman–Crippen MR) is 145 cm³/mol. The van der Waals surface area contributed by atoms with Gasteiger partial charge in [-0.1, -0.05) is 31.7 Å². The third kappa shape index (κ3) is 5.83. The number of likely N-dealkylation sites (N-methyl/N-ethyl adjacent to an activating group) is 1. The summed E-state index contributed by atoms with van der Waals surface area (Å²) in [4.78, 5) is 19.7. The number of hydrogen-bond donors (Lipinski definition) is 0. The van der Waals surface area contributed by atoms with E-state index in [2.05, 4.69) is 31.9 Å². The van der Waals surface area contributed by atoms with Crippen LogP contribution in [0, 0.1) is 5.82 Å². The Morgan fingerprint density at radius 3 is 2.31 bits per heavy atom. The number of halogens is 2. The van der Waals surface area contributed by atoms with Crippen molar-refractivity contribution in [1.29, 1.82) is 0 Å². The molecule has 1 unspecified atom stereocenters. The van der Waals surface area contributed by atoms with Crippen molar-refractivity contribution in [2.24, 2.45) is 0 Å². The van der Waals surface area contributed by atoms with Gasteiger partial charge in [-0.25, -0.2) is 4.39 Å². The summed E-state index contributed by atoms with van der Waals surface area (Å²) in [5, 5.41) is -0.493. The summed E-state index contributed by atoms with van der Waals surface area (Å²) in [5.74, 6) is 0.134. The van der Waals surface area contributed by atoms with Crippen molar-refractivity contribution in [2.45, 2.75) is 79.3 Å². The average Bonchev–Trinajstić information content (AvgIpc) is 2.80. The second kappa shape index (κ2) is 11.5. The van der Waals surface area contributed by atoms with Gasteiger partial charge in [-0.05, 0) is 83.7 Å². The fraction of sp³-hybridized carbons (Fsp3) is 0.483. The predicted octanol–water partition coefficient (Wildman–Crippen LogP) is 7.16. The van der Waals surface area contributed by atoms with Gasteiger partial charge in [0, 0.05) is 31.0 Å². The van der Waals surface area contributed by atoms with Crippen molar-refractivity contribution in [3.05, 3.63) is 82.2 Å². The largest absolute Gasteiger partial charge is 0.374 e. The lowest BCUT2D eigenvalue weighted by Gasteiger charge is -2.45. The van der Waals surface area contributed by atoms with Gasteiger partial charge in [-0.3, -0.25) is 9.69 Å². The standard InChI is InChI=1S/C29H41ClFN3O/c1-12-24-13-14-25(31)15-26(24)27(30)16-33-22(9)28(19(6)17(2)3)29(35)34(23(33)10)21(8)20(7)32(11)18(4)5/h13-15,18,21,27H,7,10,12,16H2,1-6,8-9,11H3/t21?,27-/m0/s1. The molecule has 1 heterocycles. The average molecular weight is 502 g/mol. The molecule has 0 aliphatic carbocycles. The molecule has 0 N–H and O–H groups in total. The van der Waals surface area contributed by atoms with Crippen LogP contribution in [0.25, 0.3) is 0 Å². The van der Waals surface area contributed by atoms with E-state index < -0.39 is 5.38 Å². The molecule has 35 heavy (non-hydrogen) atoms. The molecule has 1 aliphatic heterocycles. The van der Waals surface area contributed by atoms with Gasteiger partial charge < -0.3 is 9.80 Å². The normalized spacial score (nSPS) is 16.1. The maximum Gasteiger partial charge on any atom is 0.262 e. The zero-order valence-corrected chi connectivity index (χ0v) is 23.6.